The lowest BCUT2D eigenvalue weighted by Crippen LogP contribution is -2.39. The Bertz CT molecular complexity index is 465. The number of nitro benzene ring substituents is 1. The normalized spacial score (nSPS) is 19.5. The van der Waals surface area contributed by atoms with Gasteiger partial charge in [-0.05, 0) is 25.8 Å². The van der Waals surface area contributed by atoms with Crippen molar-refractivity contribution in [3.05, 3.63) is 33.3 Å². The van der Waals surface area contributed by atoms with Crippen LogP contribution >= 0.6 is 11.6 Å². The smallest absolute Gasteiger partial charge is 0.271 e. The zero-order valence-corrected chi connectivity index (χ0v) is 11.6. The number of nitro groups is 1. The first-order valence-electron chi connectivity index (χ1n) is 6.42. The Kier molecular flexibility index (Phi) is 4.61. The molecule has 1 aliphatic rings. The number of benzene rings is 1. The summed E-state index contributed by atoms with van der Waals surface area (Å²) in [4.78, 5) is 12.4. The van der Waals surface area contributed by atoms with E-state index < -0.39 is 4.92 Å². The highest BCUT2D eigenvalue weighted by molar-refractivity contribution is 6.33. The van der Waals surface area contributed by atoms with Gasteiger partial charge in [-0.2, -0.15) is 0 Å². The van der Waals surface area contributed by atoms with Gasteiger partial charge >= 0.3 is 0 Å². The number of ether oxygens (including phenoxy) is 1. The predicted molar refractivity (Wildman–Crippen MR) is 75.0 cm³/mol. The molecule has 104 valence electrons. The highest BCUT2D eigenvalue weighted by Gasteiger charge is 2.22. The lowest BCUT2D eigenvalue weighted by atomic mass is 10.1. The van der Waals surface area contributed by atoms with E-state index in [0.717, 1.165) is 31.6 Å². The van der Waals surface area contributed by atoms with Gasteiger partial charge in [0.15, 0.2) is 0 Å². The zero-order valence-electron chi connectivity index (χ0n) is 10.8. The third kappa shape index (κ3) is 3.36. The average molecular weight is 285 g/mol. The summed E-state index contributed by atoms with van der Waals surface area (Å²) in [5.41, 5.74) is 0.865. The predicted octanol–water partition coefficient (Wildman–Crippen LogP) is 3.25. The molecule has 0 saturated carbocycles. The van der Waals surface area contributed by atoms with Gasteiger partial charge in [-0.3, -0.25) is 10.1 Å². The number of rotatable bonds is 4. The zero-order chi connectivity index (χ0) is 13.8. The SMILES string of the molecule is CCOC1CCCN(c2ccc([N+](=O)[O-])cc2Cl)C1. The van der Waals surface area contributed by atoms with E-state index in [1.807, 2.05) is 6.92 Å². The van der Waals surface area contributed by atoms with Gasteiger partial charge in [0.1, 0.15) is 0 Å². The van der Waals surface area contributed by atoms with Crippen molar-refractivity contribution in [3.8, 4) is 0 Å². The van der Waals surface area contributed by atoms with Crippen molar-refractivity contribution >= 4 is 23.0 Å². The summed E-state index contributed by atoms with van der Waals surface area (Å²) in [6, 6.07) is 4.61. The molecule has 0 aliphatic carbocycles. The number of piperidine rings is 1. The molecule has 2 rings (SSSR count). The number of nitrogens with zero attached hydrogens (tertiary/aromatic N) is 2. The minimum atomic E-state index is -0.436. The average Bonchev–Trinajstić information content (AvgIpc) is 2.39. The van der Waals surface area contributed by atoms with Crippen LogP contribution < -0.4 is 4.90 Å². The lowest BCUT2D eigenvalue weighted by Gasteiger charge is -2.34. The topological polar surface area (TPSA) is 55.6 Å². The third-order valence-corrected chi connectivity index (χ3v) is 3.57. The molecule has 0 spiro atoms. The molecule has 1 heterocycles. The number of non-ortho nitro benzene ring substituents is 1. The van der Waals surface area contributed by atoms with Crippen molar-refractivity contribution in [2.75, 3.05) is 24.6 Å². The minimum Gasteiger partial charge on any atom is -0.377 e. The summed E-state index contributed by atoms with van der Waals surface area (Å²) in [5.74, 6) is 0. The Balaban J connectivity index is 2.15. The monoisotopic (exact) mass is 284 g/mol. The molecule has 1 aromatic rings. The van der Waals surface area contributed by atoms with Gasteiger partial charge in [-0.1, -0.05) is 11.6 Å². The molecule has 0 N–H and O–H groups in total. The molecule has 1 saturated heterocycles. The van der Waals surface area contributed by atoms with Crippen molar-refractivity contribution in [1.82, 2.24) is 0 Å². The Morgan fingerprint density at radius 3 is 3.00 bits per heavy atom. The van der Waals surface area contributed by atoms with Crippen molar-refractivity contribution in [1.29, 1.82) is 0 Å². The number of hydrogen-bond acceptors (Lipinski definition) is 4. The van der Waals surface area contributed by atoms with Crippen LogP contribution in [0.3, 0.4) is 0 Å². The van der Waals surface area contributed by atoms with Gasteiger partial charge < -0.3 is 9.64 Å². The van der Waals surface area contributed by atoms with Crippen LogP contribution in [0.4, 0.5) is 11.4 Å². The number of hydrogen-bond donors (Lipinski definition) is 0. The van der Waals surface area contributed by atoms with Crippen LogP contribution in [0.5, 0.6) is 0 Å². The maximum absolute atomic E-state index is 10.7. The molecular formula is C13H17ClN2O3. The van der Waals surface area contributed by atoms with Crippen LogP contribution in [-0.4, -0.2) is 30.7 Å². The first-order valence-corrected chi connectivity index (χ1v) is 6.80. The van der Waals surface area contributed by atoms with E-state index in [-0.39, 0.29) is 11.8 Å². The van der Waals surface area contributed by atoms with Crippen molar-refractivity contribution in [2.45, 2.75) is 25.9 Å². The van der Waals surface area contributed by atoms with Gasteiger partial charge in [0.25, 0.3) is 5.69 Å². The quantitative estimate of drug-likeness (QED) is 0.629. The Morgan fingerprint density at radius 2 is 2.37 bits per heavy atom. The number of halogens is 1. The van der Waals surface area contributed by atoms with Crippen LogP contribution in [0.25, 0.3) is 0 Å². The van der Waals surface area contributed by atoms with Crippen LogP contribution in [-0.2, 0) is 4.74 Å². The van der Waals surface area contributed by atoms with E-state index in [1.54, 1.807) is 6.07 Å². The molecule has 1 unspecified atom stereocenters. The highest BCUT2D eigenvalue weighted by atomic mass is 35.5. The Morgan fingerprint density at radius 1 is 1.58 bits per heavy atom. The van der Waals surface area contributed by atoms with E-state index in [1.165, 1.54) is 12.1 Å². The fourth-order valence-corrected chi connectivity index (χ4v) is 2.69. The second-order valence-electron chi connectivity index (χ2n) is 4.56. The molecule has 1 atom stereocenters. The largest absolute Gasteiger partial charge is 0.377 e. The molecular weight excluding hydrogens is 268 g/mol. The van der Waals surface area contributed by atoms with Crippen LogP contribution in [0, 0.1) is 10.1 Å². The Labute approximate surface area is 117 Å². The van der Waals surface area contributed by atoms with Gasteiger partial charge in [0.2, 0.25) is 0 Å². The second-order valence-corrected chi connectivity index (χ2v) is 4.97. The van der Waals surface area contributed by atoms with Gasteiger partial charge in [-0.25, -0.2) is 0 Å². The second kappa shape index (κ2) is 6.21. The van der Waals surface area contributed by atoms with Gasteiger partial charge in [0.05, 0.1) is 21.7 Å². The molecule has 0 amide bonds. The maximum atomic E-state index is 10.7. The van der Waals surface area contributed by atoms with E-state index in [0.29, 0.717) is 11.6 Å². The molecule has 5 nitrogen and oxygen atoms in total. The fourth-order valence-electron chi connectivity index (χ4n) is 2.39. The van der Waals surface area contributed by atoms with Gasteiger partial charge in [0, 0.05) is 31.8 Å². The molecule has 0 aromatic heterocycles. The first-order chi connectivity index (χ1) is 9.11. The lowest BCUT2D eigenvalue weighted by molar-refractivity contribution is -0.384. The molecule has 1 aliphatic heterocycles. The third-order valence-electron chi connectivity index (χ3n) is 3.26. The van der Waals surface area contributed by atoms with Crippen molar-refractivity contribution in [2.24, 2.45) is 0 Å². The molecule has 0 bridgehead atoms. The Hall–Kier alpha value is -1.33. The molecule has 0 radical (unpaired) electrons. The molecule has 1 fully saturated rings. The van der Waals surface area contributed by atoms with Gasteiger partial charge in [-0.15, -0.1) is 0 Å². The van der Waals surface area contributed by atoms with E-state index in [2.05, 4.69) is 4.90 Å². The molecule has 1 aromatic carbocycles. The highest BCUT2D eigenvalue weighted by Crippen LogP contribution is 2.31. The summed E-state index contributed by atoms with van der Waals surface area (Å²) in [5, 5.41) is 11.1. The fraction of sp³-hybridized carbons (Fsp3) is 0.538. The summed E-state index contributed by atoms with van der Waals surface area (Å²) in [6.07, 6.45) is 2.30. The summed E-state index contributed by atoms with van der Waals surface area (Å²) < 4.78 is 5.64. The molecule has 6 heteroatoms. The maximum Gasteiger partial charge on any atom is 0.271 e. The van der Waals surface area contributed by atoms with E-state index >= 15 is 0 Å². The van der Waals surface area contributed by atoms with Crippen LogP contribution in [0.1, 0.15) is 19.8 Å². The van der Waals surface area contributed by atoms with E-state index in [9.17, 15) is 10.1 Å². The van der Waals surface area contributed by atoms with E-state index in [4.69, 9.17) is 16.3 Å². The van der Waals surface area contributed by atoms with Crippen molar-refractivity contribution < 1.29 is 9.66 Å². The van der Waals surface area contributed by atoms with Crippen molar-refractivity contribution in [3.63, 3.8) is 0 Å². The minimum absolute atomic E-state index is 0.0205. The molecule has 19 heavy (non-hydrogen) atoms. The standard InChI is InChI=1S/C13H17ClN2O3/c1-2-19-11-4-3-7-15(9-11)13-6-5-10(16(17)18)8-12(13)14/h5-6,8,11H,2-4,7,9H2,1H3. The first kappa shape index (κ1) is 14.1. The summed E-state index contributed by atoms with van der Waals surface area (Å²) in [7, 11) is 0. The summed E-state index contributed by atoms with van der Waals surface area (Å²) >= 11 is 6.14. The van der Waals surface area contributed by atoms with Crippen LogP contribution in [0.15, 0.2) is 18.2 Å². The summed E-state index contributed by atoms with van der Waals surface area (Å²) in [6.45, 7) is 4.37. The number of anilines is 1. The van der Waals surface area contributed by atoms with Crippen LogP contribution in [0.2, 0.25) is 5.02 Å².